The standard InChI is InChI=1S/C15H17Cl2N3O/c1-9-3-2-6-15(18,8-9)14-19-13(21-20-14)10-4-5-11(16)12(17)7-10/h4-5,7,9H,2-3,6,8,18H2,1H3. The van der Waals surface area contributed by atoms with Crippen molar-refractivity contribution in [2.45, 2.75) is 38.1 Å². The Morgan fingerprint density at radius 1 is 1.33 bits per heavy atom. The molecule has 1 aromatic heterocycles. The molecule has 0 aliphatic heterocycles. The highest BCUT2D eigenvalue weighted by Crippen LogP contribution is 2.37. The molecule has 1 aliphatic carbocycles. The summed E-state index contributed by atoms with van der Waals surface area (Å²) in [6.45, 7) is 2.21. The topological polar surface area (TPSA) is 64.9 Å². The van der Waals surface area contributed by atoms with E-state index >= 15 is 0 Å². The van der Waals surface area contributed by atoms with Crippen molar-refractivity contribution in [2.24, 2.45) is 11.7 Å². The molecular formula is C15H17Cl2N3O. The van der Waals surface area contributed by atoms with E-state index in [0.29, 0.717) is 27.7 Å². The predicted molar refractivity (Wildman–Crippen MR) is 83.3 cm³/mol. The Balaban J connectivity index is 1.90. The molecule has 2 atom stereocenters. The van der Waals surface area contributed by atoms with Crippen LogP contribution in [0.15, 0.2) is 22.7 Å². The van der Waals surface area contributed by atoms with Crippen LogP contribution in [0.4, 0.5) is 0 Å². The summed E-state index contributed by atoms with van der Waals surface area (Å²) in [5, 5.41) is 5.04. The molecule has 0 spiro atoms. The van der Waals surface area contributed by atoms with Gasteiger partial charge in [-0.3, -0.25) is 0 Å². The summed E-state index contributed by atoms with van der Waals surface area (Å²) in [6.07, 6.45) is 4.07. The molecule has 4 nitrogen and oxygen atoms in total. The number of nitrogens with two attached hydrogens (primary N) is 1. The van der Waals surface area contributed by atoms with Gasteiger partial charge in [-0.05, 0) is 37.0 Å². The zero-order chi connectivity index (χ0) is 15.0. The van der Waals surface area contributed by atoms with E-state index in [2.05, 4.69) is 17.1 Å². The molecule has 112 valence electrons. The fourth-order valence-electron chi connectivity index (χ4n) is 2.97. The van der Waals surface area contributed by atoms with Crippen molar-refractivity contribution in [3.05, 3.63) is 34.1 Å². The number of hydrogen-bond donors (Lipinski definition) is 1. The van der Waals surface area contributed by atoms with Crippen molar-refractivity contribution in [3.8, 4) is 11.5 Å². The number of benzene rings is 1. The summed E-state index contributed by atoms with van der Waals surface area (Å²) in [7, 11) is 0. The molecule has 0 bridgehead atoms. The van der Waals surface area contributed by atoms with Gasteiger partial charge in [0.25, 0.3) is 5.89 Å². The highest BCUT2D eigenvalue weighted by molar-refractivity contribution is 6.42. The van der Waals surface area contributed by atoms with Crippen LogP contribution in [-0.2, 0) is 5.54 Å². The van der Waals surface area contributed by atoms with Crippen LogP contribution in [0, 0.1) is 5.92 Å². The smallest absolute Gasteiger partial charge is 0.258 e. The first kappa shape index (κ1) is 14.8. The molecule has 0 radical (unpaired) electrons. The molecule has 2 unspecified atom stereocenters. The minimum Gasteiger partial charge on any atom is -0.334 e. The first-order chi connectivity index (χ1) is 9.98. The Morgan fingerprint density at radius 2 is 2.14 bits per heavy atom. The third-order valence-electron chi connectivity index (χ3n) is 4.07. The van der Waals surface area contributed by atoms with Gasteiger partial charge in [0.1, 0.15) is 0 Å². The van der Waals surface area contributed by atoms with Gasteiger partial charge in [-0.25, -0.2) is 0 Å². The lowest BCUT2D eigenvalue weighted by atomic mass is 9.76. The van der Waals surface area contributed by atoms with E-state index in [1.165, 1.54) is 6.42 Å². The molecule has 2 aromatic rings. The van der Waals surface area contributed by atoms with Gasteiger partial charge in [0.15, 0.2) is 5.82 Å². The molecule has 1 fully saturated rings. The van der Waals surface area contributed by atoms with Crippen molar-refractivity contribution in [1.29, 1.82) is 0 Å². The number of nitrogens with zero attached hydrogens (tertiary/aromatic N) is 2. The zero-order valence-electron chi connectivity index (χ0n) is 11.8. The van der Waals surface area contributed by atoms with E-state index in [9.17, 15) is 0 Å². The third-order valence-corrected chi connectivity index (χ3v) is 4.81. The monoisotopic (exact) mass is 325 g/mol. The molecule has 0 saturated heterocycles. The minimum absolute atomic E-state index is 0.423. The Bertz CT molecular complexity index is 658. The van der Waals surface area contributed by atoms with Crippen LogP contribution in [-0.4, -0.2) is 10.1 Å². The Kier molecular flexibility index (Phi) is 3.95. The maximum Gasteiger partial charge on any atom is 0.258 e. The van der Waals surface area contributed by atoms with E-state index in [-0.39, 0.29) is 0 Å². The maximum atomic E-state index is 6.48. The molecule has 1 heterocycles. The lowest BCUT2D eigenvalue weighted by Crippen LogP contribution is -2.42. The van der Waals surface area contributed by atoms with E-state index in [1.807, 2.05) is 0 Å². The van der Waals surface area contributed by atoms with E-state index in [0.717, 1.165) is 24.8 Å². The molecule has 2 N–H and O–H groups in total. The molecule has 21 heavy (non-hydrogen) atoms. The summed E-state index contributed by atoms with van der Waals surface area (Å²) < 4.78 is 5.36. The van der Waals surface area contributed by atoms with Gasteiger partial charge in [0, 0.05) is 5.56 Å². The van der Waals surface area contributed by atoms with Crippen LogP contribution < -0.4 is 5.73 Å². The minimum atomic E-state index is -0.490. The Labute approximate surface area is 133 Å². The SMILES string of the molecule is CC1CCCC(N)(c2noc(-c3ccc(Cl)c(Cl)c3)n2)C1. The molecule has 3 rings (SSSR count). The summed E-state index contributed by atoms with van der Waals surface area (Å²) in [5.41, 5.74) is 6.74. The van der Waals surface area contributed by atoms with Crippen LogP contribution in [0.2, 0.25) is 10.0 Å². The average molecular weight is 326 g/mol. The maximum absolute atomic E-state index is 6.48. The second-order valence-electron chi connectivity index (χ2n) is 5.91. The number of aromatic nitrogens is 2. The van der Waals surface area contributed by atoms with Crippen molar-refractivity contribution in [1.82, 2.24) is 10.1 Å². The van der Waals surface area contributed by atoms with Gasteiger partial charge in [-0.2, -0.15) is 4.98 Å². The fourth-order valence-corrected chi connectivity index (χ4v) is 3.27. The molecular weight excluding hydrogens is 309 g/mol. The average Bonchev–Trinajstić information content (AvgIpc) is 2.92. The van der Waals surface area contributed by atoms with Crippen LogP contribution >= 0.6 is 23.2 Å². The molecule has 1 aromatic carbocycles. The van der Waals surface area contributed by atoms with E-state index in [1.54, 1.807) is 18.2 Å². The second kappa shape index (κ2) is 5.59. The number of rotatable bonds is 2. The normalized spacial score (nSPS) is 26.0. The van der Waals surface area contributed by atoms with Crippen LogP contribution in [0.3, 0.4) is 0 Å². The predicted octanol–water partition coefficient (Wildman–Crippen LogP) is 4.41. The Hall–Kier alpha value is -1.10. The van der Waals surface area contributed by atoms with Gasteiger partial charge in [0.05, 0.1) is 15.6 Å². The van der Waals surface area contributed by atoms with Gasteiger partial charge >= 0.3 is 0 Å². The van der Waals surface area contributed by atoms with Gasteiger partial charge < -0.3 is 10.3 Å². The number of hydrogen-bond acceptors (Lipinski definition) is 4. The van der Waals surface area contributed by atoms with Crippen molar-refractivity contribution < 1.29 is 4.52 Å². The third kappa shape index (κ3) is 2.93. The summed E-state index contributed by atoms with van der Waals surface area (Å²) in [6, 6.07) is 5.23. The molecule has 0 amide bonds. The Morgan fingerprint density at radius 3 is 2.86 bits per heavy atom. The highest BCUT2D eigenvalue weighted by atomic mass is 35.5. The largest absolute Gasteiger partial charge is 0.334 e. The van der Waals surface area contributed by atoms with Crippen LogP contribution in [0.25, 0.3) is 11.5 Å². The van der Waals surface area contributed by atoms with Gasteiger partial charge in [-0.15, -0.1) is 0 Å². The molecule has 6 heteroatoms. The lowest BCUT2D eigenvalue weighted by molar-refractivity contribution is 0.222. The van der Waals surface area contributed by atoms with Crippen molar-refractivity contribution in [3.63, 3.8) is 0 Å². The summed E-state index contributed by atoms with van der Waals surface area (Å²) >= 11 is 11.9. The number of halogens is 2. The van der Waals surface area contributed by atoms with Gasteiger partial charge in [0.2, 0.25) is 0 Å². The first-order valence-electron chi connectivity index (χ1n) is 7.06. The van der Waals surface area contributed by atoms with Crippen LogP contribution in [0.1, 0.15) is 38.4 Å². The van der Waals surface area contributed by atoms with E-state index in [4.69, 9.17) is 33.5 Å². The summed E-state index contributed by atoms with van der Waals surface area (Å²) in [4.78, 5) is 4.48. The quantitative estimate of drug-likeness (QED) is 0.888. The van der Waals surface area contributed by atoms with Crippen LogP contribution in [0.5, 0.6) is 0 Å². The lowest BCUT2D eigenvalue weighted by Gasteiger charge is -2.33. The second-order valence-corrected chi connectivity index (χ2v) is 6.72. The fraction of sp³-hybridized carbons (Fsp3) is 0.467. The van der Waals surface area contributed by atoms with Crippen molar-refractivity contribution >= 4 is 23.2 Å². The molecule has 1 saturated carbocycles. The highest BCUT2D eigenvalue weighted by Gasteiger charge is 2.37. The van der Waals surface area contributed by atoms with Gasteiger partial charge in [-0.1, -0.05) is 48.1 Å². The zero-order valence-corrected chi connectivity index (χ0v) is 13.3. The first-order valence-corrected chi connectivity index (χ1v) is 7.82. The summed E-state index contributed by atoms with van der Waals surface area (Å²) in [5.74, 6) is 1.58. The molecule has 1 aliphatic rings. The van der Waals surface area contributed by atoms with E-state index < -0.39 is 5.54 Å². The van der Waals surface area contributed by atoms with Crippen molar-refractivity contribution in [2.75, 3.05) is 0 Å².